The lowest BCUT2D eigenvalue weighted by molar-refractivity contribution is -0.160. The Bertz CT molecular complexity index is 1230. The van der Waals surface area contributed by atoms with Gasteiger partial charge in [-0.3, -0.25) is 14.4 Å². The van der Waals surface area contributed by atoms with Crippen molar-refractivity contribution in [2.24, 2.45) is 0 Å². The molecule has 8 nitrogen and oxygen atoms in total. The maximum absolute atomic E-state index is 13.4. The molecule has 176 valence electrons. The third kappa shape index (κ3) is 5.12. The normalized spacial score (nSPS) is 16.3. The molecule has 2 atom stereocenters. The first-order chi connectivity index (χ1) is 16.3. The molecule has 9 heteroatoms. The number of nitrogens with one attached hydrogen (secondary N) is 1. The minimum Gasteiger partial charge on any atom is -0.447 e. The molecule has 2 unspecified atom stereocenters. The zero-order chi connectivity index (χ0) is 24.2. The van der Waals surface area contributed by atoms with Crippen molar-refractivity contribution in [3.63, 3.8) is 0 Å². The molecule has 34 heavy (non-hydrogen) atoms. The first kappa shape index (κ1) is 23.5. The van der Waals surface area contributed by atoms with Crippen LogP contribution >= 0.6 is 11.6 Å². The van der Waals surface area contributed by atoms with Crippen molar-refractivity contribution in [2.75, 3.05) is 12.3 Å². The fourth-order valence-electron chi connectivity index (χ4n) is 4.19. The second kappa shape index (κ2) is 10.1. The number of amides is 2. The number of halogens is 1. The number of benzene rings is 2. The van der Waals surface area contributed by atoms with Crippen LogP contribution in [0.5, 0.6) is 0 Å². The number of anilines is 1. The number of aromatic nitrogens is 1. The maximum Gasteiger partial charge on any atom is 0.303 e. The lowest BCUT2D eigenvalue weighted by Gasteiger charge is -2.28. The number of hydrogen-bond donors (Lipinski definition) is 2. The summed E-state index contributed by atoms with van der Waals surface area (Å²) in [5.41, 5.74) is 7.31. The third-order valence-corrected chi connectivity index (χ3v) is 6.10. The molecular weight excluding hydrogens is 456 g/mol. The van der Waals surface area contributed by atoms with E-state index in [2.05, 4.69) is 10.3 Å². The number of hydrogen-bond acceptors (Lipinski definition) is 6. The van der Waals surface area contributed by atoms with Gasteiger partial charge < -0.3 is 20.7 Å². The molecule has 0 spiro atoms. The van der Waals surface area contributed by atoms with Gasteiger partial charge in [-0.1, -0.05) is 35.9 Å². The molecule has 2 aromatic carbocycles. The molecule has 1 aliphatic heterocycles. The van der Waals surface area contributed by atoms with E-state index in [4.69, 9.17) is 22.1 Å². The third-order valence-electron chi connectivity index (χ3n) is 5.85. The summed E-state index contributed by atoms with van der Waals surface area (Å²) < 4.78 is 5.34. The van der Waals surface area contributed by atoms with Crippen LogP contribution in [0.25, 0.3) is 10.8 Å². The monoisotopic (exact) mass is 480 g/mol. The highest BCUT2D eigenvalue weighted by molar-refractivity contribution is 6.30. The second-order valence-electron chi connectivity index (χ2n) is 8.20. The summed E-state index contributed by atoms with van der Waals surface area (Å²) in [6.45, 7) is 1.96. The molecule has 3 N–H and O–H groups in total. The van der Waals surface area contributed by atoms with Crippen molar-refractivity contribution < 1.29 is 19.1 Å². The molecular formula is C25H25ClN4O4. The number of pyridine rings is 1. The first-order valence-corrected chi connectivity index (χ1v) is 11.4. The van der Waals surface area contributed by atoms with Crippen LogP contribution in [0.3, 0.4) is 0 Å². The Balaban J connectivity index is 1.47. The van der Waals surface area contributed by atoms with Crippen molar-refractivity contribution in [1.29, 1.82) is 0 Å². The van der Waals surface area contributed by atoms with Crippen LogP contribution in [0.15, 0.2) is 54.7 Å². The van der Waals surface area contributed by atoms with E-state index in [0.717, 1.165) is 16.3 Å². The molecule has 2 amide bonds. The van der Waals surface area contributed by atoms with Crippen LogP contribution < -0.4 is 11.1 Å². The standard InChI is InChI=1S/C25H25ClN4O4/c1-15(31)34-22(17-5-7-19(26)8-6-17)25(33)30-12-2-3-21(30)24(32)29-14-16-4-9-20-18(13-16)10-11-28-23(20)27/h4-11,13,21-22H,2-3,12,14H2,1H3,(H2,27,28)(H,29,32). The van der Waals surface area contributed by atoms with Gasteiger partial charge in [0, 0.05) is 42.2 Å². The highest BCUT2D eigenvalue weighted by Gasteiger charge is 2.38. The molecule has 0 saturated carbocycles. The lowest BCUT2D eigenvalue weighted by Crippen LogP contribution is -2.47. The molecule has 0 bridgehead atoms. The van der Waals surface area contributed by atoms with Gasteiger partial charge in [0.25, 0.3) is 5.91 Å². The quantitative estimate of drug-likeness (QED) is 0.523. The molecule has 4 rings (SSSR count). The number of nitrogen functional groups attached to an aromatic ring is 1. The molecule has 1 saturated heterocycles. The molecule has 0 radical (unpaired) electrons. The minimum absolute atomic E-state index is 0.252. The molecule has 0 aliphatic carbocycles. The van der Waals surface area contributed by atoms with E-state index < -0.39 is 24.0 Å². The van der Waals surface area contributed by atoms with Crippen molar-refractivity contribution in [2.45, 2.75) is 38.5 Å². The van der Waals surface area contributed by atoms with Gasteiger partial charge in [0.2, 0.25) is 12.0 Å². The van der Waals surface area contributed by atoms with Gasteiger partial charge in [-0.25, -0.2) is 4.98 Å². The number of carbonyl (C=O) groups excluding carboxylic acids is 3. The van der Waals surface area contributed by atoms with E-state index in [1.54, 1.807) is 30.5 Å². The van der Waals surface area contributed by atoms with Gasteiger partial charge in [0.15, 0.2) is 0 Å². The SMILES string of the molecule is CC(=O)OC(C(=O)N1CCCC1C(=O)NCc1ccc2c(N)nccc2c1)c1ccc(Cl)cc1. The summed E-state index contributed by atoms with van der Waals surface area (Å²) in [7, 11) is 0. The van der Waals surface area contributed by atoms with Crippen molar-refractivity contribution in [1.82, 2.24) is 15.2 Å². The van der Waals surface area contributed by atoms with Crippen LogP contribution in [0, 0.1) is 0 Å². The maximum atomic E-state index is 13.4. The molecule has 1 fully saturated rings. The van der Waals surface area contributed by atoms with E-state index in [-0.39, 0.29) is 5.91 Å². The van der Waals surface area contributed by atoms with E-state index in [9.17, 15) is 14.4 Å². The van der Waals surface area contributed by atoms with Gasteiger partial charge >= 0.3 is 5.97 Å². The van der Waals surface area contributed by atoms with E-state index in [1.807, 2.05) is 24.3 Å². The van der Waals surface area contributed by atoms with Crippen LogP contribution in [0.4, 0.5) is 5.82 Å². The van der Waals surface area contributed by atoms with Crippen molar-refractivity contribution >= 4 is 46.0 Å². The number of likely N-dealkylation sites (tertiary alicyclic amines) is 1. The first-order valence-electron chi connectivity index (χ1n) is 11.0. The Hall–Kier alpha value is -3.65. The van der Waals surface area contributed by atoms with Crippen molar-refractivity contribution in [3.8, 4) is 0 Å². The largest absolute Gasteiger partial charge is 0.447 e. The average molecular weight is 481 g/mol. The zero-order valence-corrected chi connectivity index (χ0v) is 19.4. The average Bonchev–Trinajstić information content (AvgIpc) is 3.31. The van der Waals surface area contributed by atoms with E-state index in [1.165, 1.54) is 11.8 Å². The Kier molecular flexibility index (Phi) is 6.98. The number of nitrogens with two attached hydrogens (primary N) is 1. The minimum atomic E-state index is -1.14. The second-order valence-corrected chi connectivity index (χ2v) is 8.64. The summed E-state index contributed by atoms with van der Waals surface area (Å²) in [5.74, 6) is -0.807. The smallest absolute Gasteiger partial charge is 0.303 e. The summed E-state index contributed by atoms with van der Waals surface area (Å²) in [5, 5.41) is 5.22. The lowest BCUT2D eigenvalue weighted by atomic mass is 10.1. The summed E-state index contributed by atoms with van der Waals surface area (Å²) in [6.07, 6.45) is 1.72. The Labute approximate surface area is 202 Å². The fourth-order valence-corrected chi connectivity index (χ4v) is 4.31. The number of ether oxygens (including phenoxy) is 1. The van der Waals surface area contributed by atoms with Gasteiger partial charge in [0.1, 0.15) is 11.9 Å². The number of fused-ring (bicyclic) bond motifs is 1. The zero-order valence-electron chi connectivity index (χ0n) is 18.7. The fraction of sp³-hybridized carbons (Fsp3) is 0.280. The molecule has 3 aromatic rings. The predicted octanol–water partition coefficient (Wildman–Crippen LogP) is 3.38. The number of nitrogens with zero attached hydrogens (tertiary/aromatic N) is 2. The van der Waals surface area contributed by atoms with Crippen LogP contribution in [0.2, 0.25) is 5.02 Å². The van der Waals surface area contributed by atoms with E-state index in [0.29, 0.717) is 42.3 Å². The van der Waals surface area contributed by atoms with Crippen LogP contribution in [-0.4, -0.2) is 40.3 Å². The van der Waals surface area contributed by atoms with Crippen LogP contribution in [-0.2, 0) is 25.7 Å². The van der Waals surface area contributed by atoms with Crippen LogP contribution in [0.1, 0.15) is 37.0 Å². The Morgan fingerprint density at radius 2 is 1.97 bits per heavy atom. The molecule has 2 heterocycles. The topological polar surface area (TPSA) is 115 Å². The predicted molar refractivity (Wildman–Crippen MR) is 129 cm³/mol. The summed E-state index contributed by atoms with van der Waals surface area (Å²) >= 11 is 5.95. The van der Waals surface area contributed by atoms with Gasteiger partial charge in [0.05, 0.1) is 0 Å². The van der Waals surface area contributed by atoms with Crippen molar-refractivity contribution in [3.05, 3.63) is 70.9 Å². The summed E-state index contributed by atoms with van der Waals surface area (Å²) in [6, 6.07) is 13.5. The number of rotatable bonds is 6. The van der Waals surface area contributed by atoms with E-state index >= 15 is 0 Å². The van der Waals surface area contributed by atoms with Gasteiger partial charge in [-0.05, 0) is 48.1 Å². The Morgan fingerprint density at radius 3 is 2.71 bits per heavy atom. The Morgan fingerprint density at radius 1 is 1.21 bits per heavy atom. The highest BCUT2D eigenvalue weighted by Crippen LogP contribution is 2.27. The summed E-state index contributed by atoms with van der Waals surface area (Å²) in [4.78, 5) is 43.6. The highest BCUT2D eigenvalue weighted by atomic mass is 35.5. The van der Waals surface area contributed by atoms with Gasteiger partial charge in [-0.15, -0.1) is 0 Å². The van der Waals surface area contributed by atoms with Gasteiger partial charge in [-0.2, -0.15) is 0 Å². The number of esters is 1. The molecule has 1 aromatic heterocycles. The number of carbonyl (C=O) groups is 3. The molecule has 1 aliphatic rings.